The largest absolute Gasteiger partial charge is 0.380 e. The standard InChI is InChI=1S/C15H22N4O/c1-20-12-5-4-9-18(11-12)15-13(7-8-16)19-10-3-2-6-14(19)17-15/h2-3,6,10,12H,4-5,7-9,11,16H2,1H3. The van der Waals surface area contributed by atoms with Gasteiger partial charge in [-0.3, -0.25) is 0 Å². The number of fused-ring (bicyclic) bond motifs is 1. The quantitative estimate of drug-likeness (QED) is 0.917. The summed E-state index contributed by atoms with van der Waals surface area (Å²) in [6, 6.07) is 6.10. The maximum Gasteiger partial charge on any atom is 0.151 e. The Labute approximate surface area is 119 Å². The first-order chi connectivity index (χ1) is 9.83. The highest BCUT2D eigenvalue weighted by Gasteiger charge is 2.24. The number of rotatable bonds is 4. The molecule has 1 atom stereocenters. The number of piperidine rings is 1. The van der Waals surface area contributed by atoms with Crippen molar-refractivity contribution in [3.05, 3.63) is 30.1 Å². The lowest BCUT2D eigenvalue weighted by molar-refractivity contribution is 0.0891. The number of nitrogens with zero attached hydrogens (tertiary/aromatic N) is 3. The molecule has 2 aromatic rings. The molecule has 1 saturated heterocycles. The monoisotopic (exact) mass is 274 g/mol. The minimum absolute atomic E-state index is 0.305. The lowest BCUT2D eigenvalue weighted by Gasteiger charge is -2.32. The molecule has 0 amide bonds. The highest BCUT2D eigenvalue weighted by atomic mass is 16.5. The van der Waals surface area contributed by atoms with Crippen molar-refractivity contribution >= 4 is 11.5 Å². The van der Waals surface area contributed by atoms with E-state index in [0.717, 1.165) is 43.8 Å². The Kier molecular flexibility index (Phi) is 3.89. The topological polar surface area (TPSA) is 55.8 Å². The molecule has 0 aromatic carbocycles. The van der Waals surface area contributed by atoms with Crippen LogP contribution in [0.4, 0.5) is 5.82 Å². The Hall–Kier alpha value is -1.59. The first-order valence-corrected chi connectivity index (χ1v) is 7.27. The summed E-state index contributed by atoms with van der Waals surface area (Å²) in [5.41, 5.74) is 7.98. The number of anilines is 1. The van der Waals surface area contributed by atoms with Crippen molar-refractivity contribution in [2.24, 2.45) is 5.73 Å². The zero-order chi connectivity index (χ0) is 13.9. The van der Waals surface area contributed by atoms with Gasteiger partial charge in [-0.2, -0.15) is 0 Å². The van der Waals surface area contributed by atoms with Crippen LogP contribution in [0.1, 0.15) is 18.5 Å². The predicted molar refractivity (Wildman–Crippen MR) is 80.2 cm³/mol. The van der Waals surface area contributed by atoms with Crippen molar-refractivity contribution in [3.63, 3.8) is 0 Å². The van der Waals surface area contributed by atoms with Crippen LogP contribution in [0.25, 0.3) is 5.65 Å². The number of methoxy groups -OCH3 is 1. The number of hydrogen-bond acceptors (Lipinski definition) is 4. The van der Waals surface area contributed by atoms with E-state index < -0.39 is 0 Å². The maximum absolute atomic E-state index is 5.78. The van der Waals surface area contributed by atoms with Crippen molar-refractivity contribution in [1.82, 2.24) is 9.38 Å². The average molecular weight is 274 g/mol. The molecular formula is C15H22N4O. The summed E-state index contributed by atoms with van der Waals surface area (Å²) < 4.78 is 7.67. The van der Waals surface area contributed by atoms with E-state index in [1.807, 2.05) is 18.2 Å². The predicted octanol–water partition coefficient (Wildman–Crippen LogP) is 1.45. The van der Waals surface area contributed by atoms with Crippen LogP contribution >= 0.6 is 0 Å². The molecule has 0 spiro atoms. The molecule has 5 nitrogen and oxygen atoms in total. The highest BCUT2D eigenvalue weighted by molar-refractivity contribution is 5.56. The molecule has 0 saturated carbocycles. The van der Waals surface area contributed by atoms with E-state index in [9.17, 15) is 0 Å². The number of aromatic nitrogens is 2. The minimum Gasteiger partial charge on any atom is -0.380 e. The number of hydrogen-bond donors (Lipinski definition) is 1. The summed E-state index contributed by atoms with van der Waals surface area (Å²) in [6.07, 6.45) is 5.49. The van der Waals surface area contributed by atoms with E-state index in [1.165, 1.54) is 5.69 Å². The normalized spacial score (nSPS) is 19.7. The summed E-state index contributed by atoms with van der Waals surface area (Å²) in [7, 11) is 1.79. The lowest BCUT2D eigenvalue weighted by Crippen LogP contribution is -2.40. The smallest absolute Gasteiger partial charge is 0.151 e. The van der Waals surface area contributed by atoms with E-state index in [4.69, 9.17) is 15.5 Å². The van der Waals surface area contributed by atoms with Gasteiger partial charge in [0.25, 0.3) is 0 Å². The molecule has 108 valence electrons. The van der Waals surface area contributed by atoms with Gasteiger partial charge in [0, 0.05) is 32.8 Å². The molecule has 3 rings (SSSR count). The van der Waals surface area contributed by atoms with E-state index in [-0.39, 0.29) is 0 Å². The highest BCUT2D eigenvalue weighted by Crippen LogP contribution is 2.25. The van der Waals surface area contributed by atoms with E-state index in [2.05, 4.69) is 15.5 Å². The molecule has 0 bridgehead atoms. The minimum atomic E-state index is 0.305. The van der Waals surface area contributed by atoms with Crippen LogP contribution in [0.3, 0.4) is 0 Å². The Bertz CT molecular complexity index is 580. The van der Waals surface area contributed by atoms with Gasteiger partial charge in [-0.25, -0.2) is 4.98 Å². The third-order valence-electron chi connectivity index (χ3n) is 4.00. The fraction of sp³-hybridized carbons (Fsp3) is 0.533. The molecule has 1 unspecified atom stereocenters. The van der Waals surface area contributed by atoms with Crippen LogP contribution in [-0.2, 0) is 11.2 Å². The van der Waals surface area contributed by atoms with Crippen LogP contribution in [-0.4, -0.2) is 42.2 Å². The fourth-order valence-electron chi connectivity index (χ4n) is 2.98. The SMILES string of the molecule is COC1CCCN(c2nc3ccccn3c2CCN)C1. The molecule has 3 heterocycles. The number of imidazole rings is 1. The Morgan fingerprint density at radius 2 is 2.35 bits per heavy atom. The maximum atomic E-state index is 5.78. The summed E-state index contributed by atoms with van der Waals surface area (Å²) in [4.78, 5) is 7.14. The van der Waals surface area contributed by atoms with Gasteiger partial charge in [0.15, 0.2) is 5.82 Å². The Morgan fingerprint density at radius 3 is 3.15 bits per heavy atom. The summed E-state index contributed by atoms with van der Waals surface area (Å²) in [6.45, 7) is 2.59. The first-order valence-electron chi connectivity index (χ1n) is 7.27. The summed E-state index contributed by atoms with van der Waals surface area (Å²) in [5, 5.41) is 0. The van der Waals surface area contributed by atoms with E-state index in [1.54, 1.807) is 7.11 Å². The fourth-order valence-corrected chi connectivity index (χ4v) is 2.98. The number of ether oxygens (including phenoxy) is 1. The Morgan fingerprint density at radius 1 is 1.45 bits per heavy atom. The second-order valence-corrected chi connectivity index (χ2v) is 5.30. The molecule has 0 aliphatic carbocycles. The second-order valence-electron chi connectivity index (χ2n) is 5.30. The summed E-state index contributed by atoms with van der Waals surface area (Å²) in [5.74, 6) is 1.07. The zero-order valence-electron chi connectivity index (χ0n) is 12.0. The van der Waals surface area contributed by atoms with Gasteiger partial charge in [-0.15, -0.1) is 0 Å². The average Bonchev–Trinajstić information content (AvgIpc) is 2.87. The second kappa shape index (κ2) is 5.81. The molecule has 20 heavy (non-hydrogen) atoms. The van der Waals surface area contributed by atoms with Crippen molar-refractivity contribution < 1.29 is 4.74 Å². The summed E-state index contributed by atoms with van der Waals surface area (Å²) >= 11 is 0. The molecule has 0 radical (unpaired) electrons. The molecule has 2 aromatic heterocycles. The van der Waals surface area contributed by atoms with Gasteiger partial charge in [0.1, 0.15) is 5.65 Å². The van der Waals surface area contributed by atoms with Crippen LogP contribution < -0.4 is 10.6 Å². The number of pyridine rings is 1. The van der Waals surface area contributed by atoms with E-state index in [0.29, 0.717) is 12.6 Å². The van der Waals surface area contributed by atoms with Crippen molar-refractivity contribution in [2.45, 2.75) is 25.4 Å². The molecular weight excluding hydrogens is 252 g/mol. The van der Waals surface area contributed by atoms with Gasteiger partial charge in [-0.05, 0) is 31.5 Å². The van der Waals surface area contributed by atoms with Gasteiger partial charge in [-0.1, -0.05) is 6.07 Å². The Balaban J connectivity index is 1.99. The van der Waals surface area contributed by atoms with Crippen LogP contribution in [0, 0.1) is 0 Å². The van der Waals surface area contributed by atoms with Gasteiger partial charge in [0.05, 0.1) is 11.8 Å². The zero-order valence-corrected chi connectivity index (χ0v) is 12.0. The molecule has 2 N–H and O–H groups in total. The van der Waals surface area contributed by atoms with Gasteiger partial charge >= 0.3 is 0 Å². The molecule has 1 aliphatic heterocycles. The van der Waals surface area contributed by atoms with Crippen LogP contribution in [0.2, 0.25) is 0 Å². The van der Waals surface area contributed by atoms with Crippen molar-refractivity contribution in [3.8, 4) is 0 Å². The molecule has 5 heteroatoms. The number of nitrogens with two attached hydrogens (primary N) is 1. The third kappa shape index (κ3) is 2.39. The van der Waals surface area contributed by atoms with Gasteiger partial charge < -0.3 is 19.8 Å². The van der Waals surface area contributed by atoms with E-state index >= 15 is 0 Å². The van der Waals surface area contributed by atoms with Crippen LogP contribution in [0.15, 0.2) is 24.4 Å². The third-order valence-corrected chi connectivity index (χ3v) is 4.00. The van der Waals surface area contributed by atoms with Gasteiger partial charge in [0.2, 0.25) is 0 Å². The first kappa shape index (κ1) is 13.4. The van der Waals surface area contributed by atoms with Crippen molar-refractivity contribution in [1.29, 1.82) is 0 Å². The van der Waals surface area contributed by atoms with Crippen molar-refractivity contribution in [2.75, 3.05) is 31.6 Å². The molecule has 1 aliphatic rings. The van der Waals surface area contributed by atoms with Crippen LogP contribution in [0.5, 0.6) is 0 Å². The lowest BCUT2D eigenvalue weighted by atomic mass is 10.1. The molecule has 1 fully saturated rings.